The fraction of sp³-hybridized carbons (Fsp3) is 1.00. The van der Waals surface area contributed by atoms with Gasteiger partial charge in [-0.2, -0.15) is 0 Å². The van der Waals surface area contributed by atoms with Crippen molar-refractivity contribution in [2.24, 2.45) is 22.7 Å². The van der Waals surface area contributed by atoms with Crippen LogP contribution in [-0.2, 0) is 0 Å². The molecule has 4 aliphatic carbocycles. The molecule has 1 unspecified atom stereocenters. The Balaban J connectivity index is 1.49. The molecule has 0 nitrogen and oxygen atoms in total. The van der Waals surface area contributed by atoms with Crippen LogP contribution in [0.4, 0.5) is 0 Å². The van der Waals surface area contributed by atoms with Gasteiger partial charge < -0.3 is 0 Å². The van der Waals surface area contributed by atoms with E-state index in [1.165, 1.54) is 96.3 Å². The molecule has 1 heteroatoms. The van der Waals surface area contributed by atoms with Crippen molar-refractivity contribution in [1.82, 2.24) is 0 Å². The fourth-order valence-electron chi connectivity index (χ4n) is 6.37. The second-order valence-corrected chi connectivity index (χ2v) is 10.6. The smallest absolute Gasteiger partial charge is 0.0204 e. The lowest BCUT2D eigenvalue weighted by molar-refractivity contribution is -0.0187. The molecule has 0 radical (unpaired) electrons. The fourth-order valence-corrected chi connectivity index (χ4v) is 7.59. The number of halogens is 1. The van der Waals surface area contributed by atoms with Gasteiger partial charge in [-0.25, -0.2) is 0 Å². The summed E-state index contributed by atoms with van der Waals surface area (Å²) in [7, 11) is 0. The Morgan fingerprint density at radius 3 is 1.91 bits per heavy atom. The molecule has 0 heterocycles. The van der Waals surface area contributed by atoms with Gasteiger partial charge in [-0.05, 0) is 74.0 Å². The number of rotatable bonds is 7. The van der Waals surface area contributed by atoms with Crippen molar-refractivity contribution in [2.45, 2.75) is 115 Å². The van der Waals surface area contributed by atoms with Crippen molar-refractivity contribution < 1.29 is 0 Å². The van der Waals surface area contributed by atoms with Crippen molar-refractivity contribution in [2.75, 3.05) is 0 Å². The topological polar surface area (TPSA) is 0 Å². The Kier molecular flexibility index (Phi) is 6.19. The third kappa shape index (κ3) is 4.01. The highest BCUT2D eigenvalue weighted by Crippen LogP contribution is 2.62. The van der Waals surface area contributed by atoms with E-state index in [4.69, 9.17) is 0 Å². The standard InChI is InChI=1S/C22H39Br/c1-3-5-18-6-8-19(9-7-18)17-20(23)22-14-11-21(10-4-2,12-15-22)13-16-22/h18-20H,3-17H2,1-2H3/t18-,19-,20?,21?,22?. The van der Waals surface area contributed by atoms with Crippen LogP contribution in [0.5, 0.6) is 0 Å². The van der Waals surface area contributed by atoms with Gasteiger partial charge in [0.05, 0.1) is 0 Å². The number of alkyl halides is 1. The van der Waals surface area contributed by atoms with E-state index in [2.05, 4.69) is 29.8 Å². The van der Waals surface area contributed by atoms with Crippen LogP contribution in [0, 0.1) is 22.7 Å². The first kappa shape index (κ1) is 18.3. The maximum atomic E-state index is 4.22. The Hall–Kier alpha value is 0.480. The molecular formula is C22H39Br. The van der Waals surface area contributed by atoms with E-state index >= 15 is 0 Å². The lowest BCUT2D eigenvalue weighted by atomic mass is 9.51. The van der Waals surface area contributed by atoms with E-state index < -0.39 is 0 Å². The maximum absolute atomic E-state index is 4.22. The van der Waals surface area contributed by atoms with Crippen LogP contribution in [-0.4, -0.2) is 4.83 Å². The quantitative estimate of drug-likeness (QED) is 0.392. The normalized spacial score (nSPS) is 41.9. The predicted molar refractivity (Wildman–Crippen MR) is 105 cm³/mol. The summed E-state index contributed by atoms with van der Waals surface area (Å²) in [6.45, 7) is 4.73. The molecule has 4 saturated carbocycles. The summed E-state index contributed by atoms with van der Waals surface area (Å²) >= 11 is 4.22. The van der Waals surface area contributed by atoms with Crippen LogP contribution in [0.3, 0.4) is 0 Å². The molecule has 134 valence electrons. The van der Waals surface area contributed by atoms with Gasteiger partial charge in [0.15, 0.2) is 0 Å². The Labute approximate surface area is 153 Å². The van der Waals surface area contributed by atoms with Crippen LogP contribution in [0.25, 0.3) is 0 Å². The van der Waals surface area contributed by atoms with Crippen molar-refractivity contribution in [3.8, 4) is 0 Å². The van der Waals surface area contributed by atoms with E-state index in [9.17, 15) is 0 Å². The van der Waals surface area contributed by atoms with Crippen LogP contribution >= 0.6 is 15.9 Å². The Bertz CT molecular complexity index is 342. The molecule has 2 bridgehead atoms. The second-order valence-electron chi connectivity index (χ2n) is 9.49. The zero-order valence-corrected chi connectivity index (χ0v) is 17.3. The Morgan fingerprint density at radius 1 is 0.826 bits per heavy atom. The molecule has 4 aliphatic rings. The summed E-state index contributed by atoms with van der Waals surface area (Å²) in [5.74, 6) is 2.08. The first-order valence-corrected chi connectivity index (χ1v) is 11.7. The van der Waals surface area contributed by atoms with E-state index in [0.717, 1.165) is 22.1 Å². The summed E-state index contributed by atoms with van der Waals surface area (Å²) in [6.07, 6.45) is 22.5. The SMILES string of the molecule is CCCC12CCC(C(Br)C[C@H]3CC[C@H](CCC)CC3)(CC1)CC2. The van der Waals surface area contributed by atoms with Gasteiger partial charge in [0.25, 0.3) is 0 Å². The monoisotopic (exact) mass is 382 g/mol. The van der Waals surface area contributed by atoms with Crippen molar-refractivity contribution in [3.05, 3.63) is 0 Å². The summed E-state index contributed by atoms with van der Waals surface area (Å²) in [5, 5.41) is 0. The van der Waals surface area contributed by atoms with Crippen molar-refractivity contribution in [1.29, 1.82) is 0 Å². The summed E-state index contributed by atoms with van der Waals surface area (Å²) in [5.41, 5.74) is 1.44. The van der Waals surface area contributed by atoms with Crippen molar-refractivity contribution in [3.63, 3.8) is 0 Å². The zero-order chi connectivity index (χ0) is 16.3. The van der Waals surface area contributed by atoms with Gasteiger partial charge in [-0.3, -0.25) is 0 Å². The van der Waals surface area contributed by atoms with Crippen LogP contribution in [0.15, 0.2) is 0 Å². The zero-order valence-electron chi connectivity index (χ0n) is 15.7. The molecule has 4 rings (SSSR count). The van der Waals surface area contributed by atoms with E-state index in [1.54, 1.807) is 0 Å². The first-order chi connectivity index (χ1) is 11.1. The van der Waals surface area contributed by atoms with Crippen molar-refractivity contribution >= 4 is 15.9 Å². The van der Waals surface area contributed by atoms with Crippen LogP contribution in [0.2, 0.25) is 0 Å². The van der Waals surface area contributed by atoms with Gasteiger partial charge in [0, 0.05) is 4.83 Å². The largest absolute Gasteiger partial charge is 0.0885 e. The molecule has 0 spiro atoms. The second kappa shape index (κ2) is 7.79. The molecule has 0 aromatic heterocycles. The lowest BCUT2D eigenvalue weighted by Crippen LogP contribution is -2.46. The van der Waals surface area contributed by atoms with Crippen LogP contribution < -0.4 is 0 Å². The van der Waals surface area contributed by atoms with Gasteiger partial charge in [-0.15, -0.1) is 0 Å². The molecule has 0 amide bonds. The van der Waals surface area contributed by atoms with E-state index in [0.29, 0.717) is 5.41 Å². The van der Waals surface area contributed by atoms with E-state index in [1.807, 2.05) is 0 Å². The molecule has 4 fully saturated rings. The van der Waals surface area contributed by atoms with Gasteiger partial charge >= 0.3 is 0 Å². The average molecular weight is 383 g/mol. The molecule has 0 aromatic carbocycles. The lowest BCUT2D eigenvalue weighted by Gasteiger charge is -2.56. The minimum Gasteiger partial charge on any atom is -0.0885 e. The maximum Gasteiger partial charge on any atom is 0.0204 e. The summed E-state index contributed by atoms with van der Waals surface area (Å²) < 4.78 is 0. The first-order valence-electron chi connectivity index (χ1n) is 10.8. The number of fused-ring (bicyclic) bond motifs is 3. The average Bonchev–Trinajstić information content (AvgIpc) is 2.58. The van der Waals surface area contributed by atoms with Crippen LogP contribution in [0.1, 0.15) is 110 Å². The molecule has 0 aliphatic heterocycles. The third-order valence-corrected chi connectivity index (χ3v) is 9.45. The van der Waals surface area contributed by atoms with Gasteiger partial charge in [0.2, 0.25) is 0 Å². The molecule has 0 saturated heterocycles. The number of hydrogen-bond acceptors (Lipinski definition) is 0. The number of hydrogen-bond donors (Lipinski definition) is 0. The molecule has 23 heavy (non-hydrogen) atoms. The molecule has 0 aromatic rings. The highest BCUT2D eigenvalue weighted by molar-refractivity contribution is 9.09. The van der Waals surface area contributed by atoms with Gasteiger partial charge in [-0.1, -0.05) is 74.7 Å². The molecule has 1 atom stereocenters. The summed E-state index contributed by atoms with van der Waals surface area (Å²) in [6, 6.07) is 0. The minimum atomic E-state index is 0.676. The minimum absolute atomic E-state index is 0.676. The highest BCUT2D eigenvalue weighted by Gasteiger charge is 2.50. The third-order valence-electron chi connectivity index (χ3n) is 8.11. The van der Waals surface area contributed by atoms with E-state index in [-0.39, 0.29) is 0 Å². The molecule has 0 N–H and O–H groups in total. The predicted octanol–water partition coefficient (Wildman–Crippen LogP) is 7.89. The summed E-state index contributed by atoms with van der Waals surface area (Å²) in [4.78, 5) is 0.808. The molecular weight excluding hydrogens is 344 g/mol. The highest BCUT2D eigenvalue weighted by atomic mass is 79.9. The Morgan fingerprint density at radius 2 is 1.39 bits per heavy atom. The van der Waals surface area contributed by atoms with Gasteiger partial charge in [0.1, 0.15) is 0 Å².